The lowest BCUT2D eigenvalue weighted by atomic mass is 10.1. The van der Waals surface area contributed by atoms with E-state index in [1.165, 1.54) is 5.56 Å². The fourth-order valence-electron chi connectivity index (χ4n) is 3.29. The van der Waals surface area contributed by atoms with Crippen LogP contribution in [0.5, 0.6) is 0 Å². The summed E-state index contributed by atoms with van der Waals surface area (Å²) in [5.74, 6) is 0.121. The minimum Gasteiger partial charge on any atom is -0.370 e. The van der Waals surface area contributed by atoms with E-state index in [2.05, 4.69) is 29.2 Å². The minimum absolute atomic E-state index is 0.0482. The van der Waals surface area contributed by atoms with Crippen molar-refractivity contribution in [1.29, 1.82) is 0 Å². The van der Waals surface area contributed by atoms with Gasteiger partial charge in [0.25, 0.3) is 0 Å². The Labute approximate surface area is 163 Å². The number of hydrogen-bond acceptors (Lipinski definition) is 4. The predicted octanol–water partition coefficient (Wildman–Crippen LogP) is 3.88. The number of carbonyl (C=O) groups excluding carboxylic acids is 1. The van der Waals surface area contributed by atoms with Crippen molar-refractivity contribution in [2.24, 2.45) is 0 Å². The molecule has 4 rings (SSSR count). The number of nitrogens with zero attached hydrogens (tertiary/aromatic N) is 2. The van der Waals surface area contributed by atoms with Crippen LogP contribution in [-0.4, -0.2) is 35.5 Å². The second-order valence-corrected chi connectivity index (χ2v) is 7.62. The third-order valence-corrected chi connectivity index (χ3v) is 5.62. The molecule has 1 atom stereocenters. The van der Waals surface area contributed by atoms with Gasteiger partial charge >= 0.3 is 0 Å². The molecule has 5 heteroatoms. The molecule has 27 heavy (non-hydrogen) atoms. The first-order valence-corrected chi connectivity index (χ1v) is 10.1. The van der Waals surface area contributed by atoms with Crippen LogP contribution in [0.25, 0.3) is 0 Å². The predicted molar refractivity (Wildman–Crippen MR) is 107 cm³/mol. The number of rotatable bonds is 5. The summed E-state index contributed by atoms with van der Waals surface area (Å²) < 4.78 is 5.86. The van der Waals surface area contributed by atoms with E-state index in [1.54, 1.807) is 11.3 Å². The van der Waals surface area contributed by atoms with E-state index < -0.39 is 0 Å². The number of ether oxygens (including phenoxy) is 1. The lowest BCUT2D eigenvalue weighted by Crippen LogP contribution is -2.43. The molecule has 4 nitrogen and oxygen atoms in total. The topological polar surface area (TPSA) is 42.4 Å². The van der Waals surface area contributed by atoms with Crippen molar-refractivity contribution in [3.63, 3.8) is 0 Å². The maximum absolute atomic E-state index is 12.7. The third kappa shape index (κ3) is 4.62. The van der Waals surface area contributed by atoms with Crippen LogP contribution in [0.15, 0.2) is 66.0 Å². The number of amides is 1. The molecule has 2 heterocycles. The number of thiazole rings is 1. The van der Waals surface area contributed by atoms with Crippen molar-refractivity contribution in [3.8, 4) is 0 Å². The maximum atomic E-state index is 12.7. The second-order valence-electron chi connectivity index (χ2n) is 6.68. The quantitative estimate of drug-likeness (QED) is 0.677. The highest BCUT2D eigenvalue weighted by molar-refractivity contribution is 7.09. The molecule has 138 valence electrons. The van der Waals surface area contributed by atoms with Gasteiger partial charge in [0.2, 0.25) is 5.91 Å². The van der Waals surface area contributed by atoms with Crippen LogP contribution in [-0.2, 0) is 22.4 Å². The number of hydrogen-bond donors (Lipinski definition) is 0. The molecule has 0 spiro atoms. The summed E-state index contributed by atoms with van der Waals surface area (Å²) in [6.45, 7) is 1.81. The highest BCUT2D eigenvalue weighted by Crippen LogP contribution is 2.23. The first-order valence-electron chi connectivity index (χ1n) is 9.19. The molecule has 0 N–H and O–H groups in total. The Hall–Kier alpha value is -2.50. The van der Waals surface area contributed by atoms with E-state index in [1.807, 2.05) is 46.7 Å². The molecular formula is C22H22N2O2S. The number of aromatic nitrogens is 1. The fraction of sp³-hybridized carbons (Fsp3) is 0.273. The van der Waals surface area contributed by atoms with Gasteiger partial charge in [-0.3, -0.25) is 4.79 Å². The smallest absolute Gasteiger partial charge is 0.228 e. The van der Waals surface area contributed by atoms with Gasteiger partial charge in [0.15, 0.2) is 0 Å². The molecule has 1 aromatic heterocycles. The van der Waals surface area contributed by atoms with Crippen molar-refractivity contribution in [2.75, 3.05) is 19.7 Å². The van der Waals surface area contributed by atoms with Crippen molar-refractivity contribution < 1.29 is 9.53 Å². The van der Waals surface area contributed by atoms with Crippen molar-refractivity contribution in [1.82, 2.24) is 9.88 Å². The summed E-state index contributed by atoms with van der Waals surface area (Å²) >= 11 is 1.62. The van der Waals surface area contributed by atoms with Crippen molar-refractivity contribution in [3.05, 3.63) is 87.9 Å². The zero-order chi connectivity index (χ0) is 18.5. The largest absolute Gasteiger partial charge is 0.370 e. The van der Waals surface area contributed by atoms with Crippen LogP contribution in [0.2, 0.25) is 0 Å². The summed E-state index contributed by atoms with van der Waals surface area (Å²) in [7, 11) is 0. The van der Waals surface area contributed by atoms with Crippen molar-refractivity contribution in [2.45, 2.75) is 18.9 Å². The normalized spacial score (nSPS) is 17.0. The molecule has 0 radical (unpaired) electrons. The highest BCUT2D eigenvalue weighted by atomic mass is 32.1. The molecule has 2 aromatic carbocycles. The Kier molecular flexibility index (Phi) is 5.61. The Morgan fingerprint density at radius 3 is 2.63 bits per heavy atom. The van der Waals surface area contributed by atoms with Crippen molar-refractivity contribution >= 4 is 17.2 Å². The van der Waals surface area contributed by atoms with E-state index in [4.69, 9.17) is 4.74 Å². The van der Waals surface area contributed by atoms with Crippen LogP contribution < -0.4 is 0 Å². The molecule has 1 unspecified atom stereocenters. The maximum Gasteiger partial charge on any atom is 0.228 e. The van der Waals surface area contributed by atoms with E-state index in [-0.39, 0.29) is 12.0 Å². The van der Waals surface area contributed by atoms with Gasteiger partial charge in [0.1, 0.15) is 6.10 Å². The summed E-state index contributed by atoms with van der Waals surface area (Å²) in [4.78, 5) is 19.3. The van der Waals surface area contributed by atoms with Crippen LogP contribution in [0.3, 0.4) is 0 Å². The average molecular weight is 378 g/mol. The number of benzene rings is 2. The molecular weight excluding hydrogens is 356 g/mol. The van der Waals surface area contributed by atoms with Gasteiger partial charge in [-0.15, -0.1) is 11.3 Å². The zero-order valence-corrected chi connectivity index (χ0v) is 15.9. The van der Waals surface area contributed by atoms with Gasteiger partial charge in [-0.05, 0) is 11.1 Å². The van der Waals surface area contributed by atoms with Gasteiger partial charge < -0.3 is 9.64 Å². The van der Waals surface area contributed by atoms with E-state index >= 15 is 0 Å². The lowest BCUT2D eigenvalue weighted by molar-refractivity contribution is -0.138. The van der Waals surface area contributed by atoms with Crippen LogP contribution in [0.4, 0.5) is 0 Å². The molecule has 1 aliphatic rings. The Morgan fingerprint density at radius 2 is 1.85 bits per heavy atom. The summed E-state index contributed by atoms with van der Waals surface area (Å²) in [6, 6.07) is 20.4. The first kappa shape index (κ1) is 17.9. The zero-order valence-electron chi connectivity index (χ0n) is 15.1. The summed E-state index contributed by atoms with van der Waals surface area (Å²) in [5, 5.41) is 3.05. The minimum atomic E-state index is -0.0482. The van der Waals surface area contributed by atoms with Gasteiger partial charge in [0.05, 0.1) is 30.3 Å². The van der Waals surface area contributed by atoms with E-state index in [0.717, 1.165) is 22.7 Å². The summed E-state index contributed by atoms with van der Waals surface area (Å²) in [5.41, 5.74) is 3.22. The van der Waals surface area contributed by atoms with Crippen LogP contribution in [0, 0.1) is 0 Å². The van der Waals surface area contributed by atoms with Crippen LogP contribution >= 0.6 is 11.3 Å². The molecule has 3 aromatic rings. The first-order chi connectivity index (χ1) is 13.3. The molecule has 1 saturated heterocycles. The molecule has 1 amide bonds. The standard InChI is InChI=1S/C22H22N2O2S/c25-22(24-11-12-26-20(15-24)18-9-5-2-6-10-18)14-19-16-27-21(23-19)13-17-7-3-1-4-8-17/h1-10,16,20H,11-15H2. The third-order valence-electron chi connectivity index (χ3n) is 4.72. The Balaban J connectivity index is 1.36. The average Bonchev–Trinajstić information content (AvgIpc) is 3.16. The Morgan fingerprint density at radius 1 is 1.11 bits per heavy atom. The van der Waals surface area contributed by atoms with Gasteiger partial charge in [-0.1, -0.05) is 60.7 Å². The molecule has 0 aliphatic carbocycles. The van der Waals surface area contributed by atoms with Gasteiger partial charge in [0, 0.05) is 18.3 Å². The van der Waals surface area contributed by atoms with Gasteiger partial charge in [-0.2, -0.15) is 0 Å². The monoisotopic (exact) mass is 378 g/mol. The fourth-order valence-corrected chi connectivity index (χ4v) is 4.12. The molecule has 1 aliphatic heterocycles. The molecule has 0 bridgehead atoms. The molecule has 0 saturated carbocycles. The van der Waals surface area contributed by atoms with Gasteiger partial charge in [-0.25, -0.2) is 4.98 Å². The number of carbonyl (C=O) groups is 1. The van der Waals surface area contributed by atoms with Crippen LogP contribution in [0.1, 0.15) is 27.9 Å². The van der Waals surface area contributed by atoms with E-state index in [0.29, 0.717) is 26.1 Å². The second kappa shape index (κ2) is 8.46. The highest BCUT2D eigenvalue weighted by Gasteiger charge is 2.25. The lowest BCUT2D eigenvalue weighted by Gasteiger charge is -2.33. The number of morpholine rings is 1. The SMILES string of the molecule is O=C(Cc1csc(Cc2ccccc2)n1)N1CCOC(c2ccccc2)C1. The summed E-state index contributed by atoms with van der Waals surface area (Å²) in [6.07, 6.45) is 1.12. The Bertz CT molecular complexity index is 880. The van der Waals surface area contributed by atoms with E-state index in [9.17, 15) is 4.79 Å². The molecule has 1 fully saturated rings.